The first-order chi connectivity index (χ1) is 6.68. The maximum Gasteiger partial charge on any atom is 0.139 e. The molecule has 1 aromatic heterocycles. The summed E-state index contributed by atoms with van der Waals surface area (Å²) in [4.78, 5) is 3.92. The van der Waals surface area contributed by atoms with Crippen molar-refractivity contribution in [2.45, 2.75) is 19.9 Å². The Morgan fingerprint density at radius 2 is 2.29 bits per heavy atom. The van der Waals surface area contributed by atoms with E-state index in [1.54, 1.807) is 18.5 Å². The SMILES string of the molecule is CC(C)NCCOc1cncc(Cl)c1. The molecule has 0 radical (unpaired) electrons. The number of nitrogens with one attached hydrogen (secondary N) is 1. The summed E-state index contributed by atoms with van der Waals surface area (Å²) in [5, 5.41) is 3.85. The molecule has 1 rings (SSSR count). The molecule has 0 bridgehead atoms. The molecule has 0 saturated heterocycles. The fraction of sp³-hybridized carbons (Fsp3) is 0.500. The number of hydrogen-bond donors (Lipinski definition) is 1. The molecule has 0 atom stereocenters. The van der Waals surface area contributed by atoms with Crippen molar-refractivity contribution in [3.05, 3.63) is 23.5 Å². The summed E-state index contributed by atoms with van der Waals surface area (Å²) in [6.07, 6.45) is 3.24. The zero-order chi connectivity index (χ0) is 10.4. The topological polar surface area (TPSA) is 34.1 Å². The largest absolute Gasteiger partial charge is 0.491 e. The average Bonchev–Trinajstić information content (AvgIpc) is 2.12. The molecule has 1 heterocycles. The van der Waals surface area contributed by atoms with Crippen molar-refractivity contribution in [1.82, 2.24) is 10.3 Å². The first-order valence-corrected chi connectivity index (χ1v) is 5.03. The van der Waals surface area contributed by atoms with Gasteiger partial charge in [-0.25, -0.2) is 0 Å². The third-order valence-corrected chi connectivity index (χ3v) is 1.81. The summed E-state index contributed by atoms with van der Waals surface area (Å²) >= 11 is 5.75. The molecule has 0 spiro atoms. The van der Waals surface area contributed by atoms with Crippen molar-refractivity contribution in [1.29, 1.82) is 0 Å². The Hall–Kier alpha value is -0.800. The summed E-state index contributed by atoms with van der Waals surface area (Å²) in [6, 6.07) is 2.24. The molecule has 0 aliphatic carbocycles. The molecule has 4 heteroatoms. The van der Waals surface area contributed by atoms with Gasteiger partial charge in [0.1, 0.15) is 12.4 Å². The van der Waals surface area contributed by atoms with Crippen LogP contribution in [0.4, 0.5) is 0 Å². The number of pyridine rings is 1. The lowest BCUT2D eigenvalue weighted by molar-refractivity contribution is 0.308. The molecule has 1 N–H and O–H groups in total. The minimum Gasteiger partial charge on any atom is -0.491 e. The fourth-order valence-electron chi connectivity index (χ4n) is 0.988. The van der Waals surface area contributed by atoms with E-state index in [0.29, 0.717) is 23.4 Å². The Kier molecular flexibility index (Phi) is 4.70. The Morgan fingerprint density at radius 1 is 1.50 bits per heavy atom. The monoisotopic (exact) mass is 214 g/mol. The number of halogens is 1. The van der Waals surface area contributed by atoms with Crippen LogP contribution in [-0.2, 0) is 0 Å². The first kappa shape index (κ1) is 11.3. The lowest BCUT2D eigenvalue weighted by Crippen LogP contribution is -2.27. The number of hydrogen-bond acceptors (Lipinski definition) is 3. The van der Waals surface area contributed by atoms with Crippen LogP contribution in [0, 0.1) is 0 Å². The van der Waals surface area contributed by atoms with Crippen molar-refractivity contribution >= 4 is 11.6 Å². The molecule has 0 fully saturated rings. The minimum atomic E-state index is 0.482. The summed E-state index contributed by atoms with van der Waals surface area (Å²) in [5.41, 5.74) is 0. The third-order valence-electron chi connectivity index (χ3n) is 1.60. The van der Waals surface area contributed by atoms with E-state index >= 15 is 0 Å². The molecule has 3 nitrogen and oxygen atoms in total. The molecule has 0 aromatic carbocycles. The predicted octanol–water partition coefficient (Wildman–Crippen LogP) is 2.11. The molecule has 14 heavy (non-hydrogen) atoms. The highest BCUT2D eigenvalue weighted by Crippen LogP contribution is 2.14. The van der Waals surface area contributed by atoms with Crippen molar-refractivity contribution in [2.75, 3.05) is 13.2 Å². The molecule has 0 unspecified atom stereocenters. The van der Waals surface area contributed by atoms with Crippen LogP contribution in [0.1, 0.15) is 13.8 Å². The molecule has 0 amide bonds. The van der Waals surface area contributed by atoms with Crippen molar-refractivity contribution < 1.29 is 4.74 Å². The van der Waals surface area contributed by atoms with E-state index in [9.17, 15) is 0 Å². The van der Waals surface area contributed by atoms with Crippen molar-refractivity contribution in [3.8, 4) is 5.75 Å². The van der Waals surface area contributed by atoms with Gasteiger partial charge in [-0.2, -0.15) is 0 Å². The van der Waals surface area contributed by atoms with Crippen LogP contribution < -0.4 is 10.1 Å². The van der Waals surface area contributed by atoms with E-state index in [4.69, 9.17) is 16.3 Å². The zero-order valence-electron chi connectivity index (χ0n) is 8.46. The normalized spacial score (nSPS) is 10.6. The van der Waals surface area contributed by atoms with Gasteiger partial charge in [-0.3, -0.25) is 4.98 Å². The second-order valence-electron chi connectivity index (χ2n) is 3.30. The Balaban J connectivity index is 2.25. The molecule has 0 aliphatic heterocycles. The standard InChI is InChI=1S/C10H15ClN2O/c1-8(2)13-3-4-14-10-5-9(11)6-12-7-10/h5-8,13H,3-4H2,1-2H3. The van der Waals surface area contributed by atoms with Gasteiger partial charge in [0.2, 0.25) is 0 Å². The fourth-order valence-corrected chi connectivity index (χ4v) is 1.15. The molecule has 0 saturated carbocycles. The van der Waals surface area contributed by atoms with Crippen LogP contribution in [0.2, 0.25) is 5.02 Å². The van der Waals surface area contributed by atoms with E-state index in [2.05, 4.69) is 24.1 Å². The van der Waals surface area contributed by atoms with Gasteiger partial charge in [-0.05, 0) is 0 Å². The highest BCUT2D eigenvalue weighted by atomic mass is 35.5. The van der Waals surface area contributed by atoms with Gasteiger partial charge in [0.15, 0.2) is 0 Å². The number of rotatable bonds is 5. The second kappa shape index (κ2) is 5.83. The quantitative estimate of drug-likeness (QED) is 0.763. The summed E-state index contributed by atoms with van der Waals surface area (Å²) < 4.78 is 5.43. The Morgan fingerprint density at radius 3 is 2.93 bits per heavy atom. The lowest BCUT2D eigenvalue weighted by Gasteiger charge is -2.09. The van der Waals surface area contributed by atoms with Gasteiger partial charge in [0.25, 0.3) is 0 Å². The second-order valence-corrected chi connectivity index (χ2v) is 3.73. The smallest absolute Gasteiger partial charge is 0.139 e. The van der Waals surface area contributed by atoms with E-state index in [-0.39, 0.29) is 0 Å². The van der Waals surface area contributed by atoms with Crippen LogP contribution in [0.15, 0.2) is 18.5 Å². The maximum atomic E-state index is 5.75. The van der Waals surface area contributed by atoms with Crippen LogP contribution in [0.25, 0.3) is 0 Å². The Labute approximate surface area is 89.4 Å². The molecular formula is C10H15ClN2O. The molecule has 0 aliphatic rings. The minimum absolute atomic E-state index is 0.482. The molecule has 1 aromatic rings. The van der Waals surface area contributed by atoms with Gasteiger partial charge < -0.3 is 10.1 Å². The van der Waals surface area contributed by atoms with Crippen LogP contribution in [0.3, 0.4) is 0 Å². The number of nitrogens with zero attached hydrogens (tertiary/aromatic N) is 1. The van der Waals surface area contributed by atoms with E-state index in [0.717, 1.165) is 6.54 Å². The maximum absolute atomic E-state index is 5.75. The highest BCUT2D eigenvalue weighted by molar-refractivity contribution is 6.30. The van der Waals surface area contributed by atoms with Gasteiger partial charge in [0, 0.05) is 24.8 Å². The van der Waals surface area contributed by atoms with Gasteiger partial charge >= 0.3 is 0 Å². The summed E-state index contributed by atoms with van der Waals surface area (Å²) in [5.74, 6) is 0.711. The van der Waals surface area contributed by atoms with Crippen molar-refractivity contribution in [2.24, 2.45) is 0 Å². The Bertz CT molecular complexity index is 279. The van der Waals surface area contributed by atoms with Gasteiger partial charge in [-0.1, -0.05) is 25.4 Å². The zero-order valence-corrected chi connectivity index (χ0v) is 9.21. The van der Waals surface area contributed by atoms with Crippen LogP contribution in [-0.4, -0.2) is 24.2 Å². The summed E-state index contributed by atoms with van der Waals surface area (Å²) in [6.45, 7) is 5.65. The van der Waals surface area contributed by atoms with Crippen LogP contribution in [0.5, 0.6) is 5.75 Å². The first-order valence-electron chi connectivity index (χ1n) is 4.65. The average molecular weight is 215 g/mol. The summed E-state index contributed by atoms with van der Waals surface area (Å²) in [7, 11) is 0. The van der Waals surface area contributed by atoms with E-state index in [1.807, 2.05) is 0 Å². The number of aromatic nitrogens is 1. The molecular weight excluding hydrogens is 200 g/mol. The highest BCUT2D eigenvalue weighted by Gasteiger charge is 1.96. The third kappa shape index (κ3) is 4.44. The predicted molar refractivity (Wildman–Crippen MR) is 57.9 cm³/mol. The molecule has 78 valence electrons. The van der Waals surface area contributed by atoms with E-state index in [1.165, 1.54) is 0 Å². The van der Waals surface area contributed by atoms with Gasteiger partial charge in [-0.15, -0.1) is 0 Å². The lowest BCUT2D eigenvalue weighted by atomic mass is 10.4. The number of ether oxygens (including phenoxy) is 1. The van der Waals surface area contributed by atoms with Gasteiger partial charge in [0.05, 0.1) is 11.2 Å². The van der Waals surface area contributed by atoms with Crippen molar-refractivity contribution in [3.63, 3.8) is 0 Å². The van der Waals surface area contributed by atoms with Crippen LogP contribution >= 0.6 is 11.6 Å². The van der Waals surface area contributed by atoms with E-state index < -0.39 is 0 Å².